The van der Waals surface area contributed by atoms with Crippen LogP contribution in [-0.4, -0.2) is 40.3 Å². The Bertz CT molecular complexity index is 623. The number of amides is 1. The zero-order chi connectivity index (χ0) is 14.8. The highest BCUT2D eigenvalue weighted by molar-refractivity contribution is 5.93. The van der Waals surface area contributed by atoms with E-state index >= 15 is 0 Å². The SMILES string of the molecule is CC1CCN(C(=O)c2cc(-c3ccccc3)on2)C1CO. The van der Waals surface area contributed by atoms with E-state index in [9.17, 15) is 9.90 Å². The van der Waals surface area contributed by atoms with Gasteiger partial charge in [-0.15, -0.1) is 0 Å². The topological polar surface area (TPSA) is 66.6 Å². The molecule has 1 saturated heterocycles. The maximum Gasteiger partial charge on any atom is 0.276 e. The number of hydrogen-bond acceptors (Lipinski definition) is 4. The Kier molecular flexibility index (Phi) is 3.75. The highest BCUT2D eigenvalue weighted by atomic mass is 16.5. The number of rotatable bonds is 3. The molecular formula is C16H18N2O3. The molecule has 1 fully saturated rings. The summed E-state index contributed by atoms with van der Waals surface area (Å²) in [7, 11) is 0. The highest BCUT2D eigenvalue weighted by Crippen LogP contribution is 2.26. The molecule has 1 N–H and O–H groups in total. The lowest BCUT2D eigenvalue weighted by Crippen LogP contribution is -2.39. The van der Waals surface area contributed by atoms with E-state index in [0.717, 1.165) is 12.0 Å². The molecule has 2 heterocycles. The van der Waals surface area contributed by atoms with Crippen LogP contribution in [0.1, 0.15) is 23.8 Å². The van der Waals surface area contributed by atoms with Gasteiger partial charge >= 0.3 is 0 Å². The number of aliphatic hydroxyl groups is 1. The second-order valence-corrected chi connectivity index (χ2v) is 5.46. The number of aliphatic hydroxyl groups excluding tert-OH is 1. The summed E-state index contributed by atoms with van der Waals surface area (Å²) in [6, 6.07) is 11.1. The van der Waals surface area contributed by atoms with E-state index in [4.69, 9.17) is 4.52 Å². The minimum atomic E-state index is -0.177. The van der Waals surface area contributed by atoms with Crippen LogP contribution in [0.3, 0.4) is 0 Å². The predicted molar refractivity (Wildman–Crippen MR) is 77.6 cm³/mol. The molecule has 0 bridgehead atoms. The summed E-state index contributed by atoms with van der Waals surface area (Å²) in [6.45, 7) is 2.68. The molecule has 0 radical (unpaired) electrons. The van der Waals surface area contributed by atoms with Crippen LogP contribution in [0.25, 0.3) is 11.3 Å². The molecule has 5 heteroatoms. The minimum Gasteiger partial charge on any atom is -0.394 e. The molecule has 110 valence electrons. The smallest absolute Gasteiger partial charge is 0.276 e. The van der Waals surface area contributed by atoms with Gasteiger partial charge in [-0.05, 0) is 12.3 Å². The van der Waals surface area contributed by atoms with E-state index in [-0.39, 0.29) is 18.6 Å². The van der Waals surface area contributed by atoms with Crippen LogP contribution < -0.4 is 0 Å². The molecule has 0 aliphatic carbocycles. The number of aromatic nitrogens is 1. The lowest BCUT2D eigenvalue weighted by atomic mass is 10.0. The van der Waals surface area contributed by atoms with Crippen LogP contribution in [0, 0.1) is 5.92 Å². The van der Waals surface area contributed by atoms with Crippen molar-refractivity contribution in [3.63, 3.8) is 0 Å². The standard InChI is InChI=1S/C16H18N2O3/c1-11-7-8-18(14(11)10-19)16(20)13-9-15(21-17-13)12-5-3-2-4-6-12/h2-6,9,11,14,19H,7-8,10H2,1H3. The Morgan fingerprint density at radius 2 is 2.19 bits per heavy atom. The van der Waals surface area contributed by atoms with Gasteiger partial charge in [-0.1, -0.05) is 42.4 Å². The van der Waals surface area contributed by atoms with Crippen LogP contribution in [0.2, 0.25) is 0 Å². The zero-order valence-electron chi connectivity index (χ0n) is 11.9. The predicted octanol–water partition coefficient (Wildman–Crippen LogP) is 2.18. The summed E-state index contributed by atoms with van der Waals surface area (Å²) in [5.41, 5.74) is 1.18. The fraction of sp³-hybridized carbons (Fsp3) is 0.375. The fourth-order valence-electron chi connectivity index (χ4n) is 2.80. The Labute approximate surface area is 123 Å². The molecule has 2 atom stereocenters. The molecule has 3 rings (SSSR count). The molecule has 0 spiro atoms. The van der Waals surface area contributed by atoms with Crippen molar-refractivity contribution in [2.75, 3.05) is 13.2 Å². The van der Waals surface area contributed by atoms with E-state index in [1.54, 1.807) is 11.0 Å². The first-order valence-corrected chi connectivity index (χ1v) is 7.14. The van der Waals surface area contributed by atoms with E-state index in [1.165, 1.54) is 0 Å². The largest absolute Gasteiger partial charge is 0.394 e. The average molecular weight is 286 g/mol. The van der Waals surface area contributed by atoms with Gasteiger partial charge in [-0.2, -0.15) is 0 Å². The summed E-state index contributed by atoms with van der Waals surface area (Å²) < 4.78 is 5.27. The lowest BCUT2D eigenvalue weighted by molar-refractivity contribution is 0.0638. The number of carbonyl (C=O) groups excluding carboxylic acids is 1. The number of nitrogens with zero attached hydrogens (tertiary/aromatic N) is 2. The monoisotopic (exact) mass is 286 g/mol. The van der Waals surface area contributed by atoms with Crippen LogP contribution in [0.15, 0.2) is 40.9 Å². The van der Waals surface area contributed by atoms with Gasteiger partial charge in [0.2, 0.25) is 0 Å². The van der Waals surface area contributed by atoms with Crippen molar-refractivity contribution in [3.05, 3.63) is 42.1 Å². The maximum atomic E-state index is 12.5. The fourth-order valence-corrected chi connectivity index (χ4v) is 2.80. The molecule has 0 saturated carbocycles. The van der Waals surface area contributed by atoms with Gasteiger partial charge in [0.1, 0.15) is 0 Å². The van der Waals surface area contributed by atoms with Crippen LogP contribution in [0.4, 0.5) is 0 Å². The second kappa shape index (κ2) is 5.69. The Hall–Kier alpha value is -2.14. The third kappa shape index (κ3) is 2.56. The third-order valence-corrected chi connectivity index (χ3v) is 4.12. The molecule has 5 nitrogen and oxygen atoms in total. The van der Waals surface area contributed by atoms with Crippen molar-refractivity contribution in [1.82, 2.24) is 10.1 Å². The van der Waals surface area contributed by atoms with E-state index < -0.39 is 0 Å². The van der Waals surface area contributed by atoms with Crippen molar-refractivity contribution < 1.29 is 14.4 Å². The first kappa shape index (κ1) is 13.8. The third-order valence-electron chi connectivity index (χ3n) is 4.12. The summed E-state index contributed by atoms with van der Waals surface area (Å²) in [6.07, 6.45) is 0.903. The van der Waals surface area contributed by atoms with Crippen molar-refractivity contribution in [2.24, 2.45) is 5.92 Å². The minimum absolute atomic E-state index is 0.0176. The first-order chi connectivity index (χ1) is 10.2. The average Bonchev–Trinajstić information content (AvgIpc) is 3.14. The lowest BCUT2D eigenvalue weighted by Gasteiger charge is -2.24. The summed E-state index contributed by atoms with van der Waals surface area (Å²) in [4.78, 5) is 14.2. The number of hydrogen-bond donors (Lipinski definition) is 1. The van der Waals surface area contributed by atoms with Gasteiger partial charge in [0.25, 0.3) is 5.91 Å². The van der Waals surface area contributed by atoms with Gasteiger partial charge in [-0.3, -0.25) is 4.79 Å². The first-order valence-electron chi connectivity index (χ1n) is 7.14. The Balaban J connectivity index is 1.82. The van der Waals surface area contributed by atoms with Crippen molar-refractivity contribution >= 4 is 5.91 Å². The van der Waals surface area contributed by atoms with Crippen LogP contribution in [0.5, 0.6) is 0 Å². The Morgan fingerprint density at radius 1 is 1.43 bits per heavy atom. The molecule has 21 heavy (non-hydrogen) atoms. The van der Waals surface area contributed by atoms with Gasteiger partial charge in [0.15, 0.2) is 11.5 Å². The van der Waals surface area contributed by atoms with Gasteiger partial charge in [0, 0.05) is 18.2 Å². The molecular weight excluding hydrogens is 268 g/mol. The van der Waals surface area contributed by atoms with Crippen LogP contribution >= 0.6 is 0 Å². The van der Waals surface area contributed by atoms with Gasteiger partial charge < -0.3 is 14.5 Å². The number of benzene rings is 1. The number of likely N-dealkylation sites (tertiary alicyclic amines) is 1. The maximum absolute atomic E-state index is 12.5. The molecule has 1 aliphatic rings. The molecule has 1 aromatic heterocycles. The quantitative estimate of drug-likeness (QED) is 0.939. The van der Waals surface area contributed by atoms with Crippen LogP contribution in [-0.2, 0) is 0 Å². The molecule has 1 aliphatic heterocycles. The van der Waals surface area contributed by atoms with E-state index in [1.807, 2.05) is 37.3 Å². The normalized spacial score (nSPS) is 21.7. The summed E-state index contributed by atoms with van der Waals surface area (Å²) in [5.74, 6) is 0.704. The second-order valence-electron chi connectivity index (χ2n) is 5.46. The zero-order valence-corrected chi connectivity index (χ0v) is 11.9. The van der Waals surface area contributed by atoms with Crippen molar-refractivity contribution in [3.8, 4) is 11.3 Å². The Morgan fingerprint density at radius 3 is 2.90 bits per heavy atom. The molecule has 1 amide bonds. The summed E-state index contributed by atoms with van der Waals surface area (Å²) in [5, 5.41) is 13.3. The van der Waals surface area contributed by atoms with Gasteiger partial charge in [0.05, 0.1) is 12.6 Å². The van der Waals surface area contributed by atoms with Crippen molar-refractivity contribution in [2.45, 2.75) is 19.4 Å². The van der Waals surface area contributed by atoms with E-state index in [0.29, 0.717) is 23.9 Å². The van der Waals surface area contributed by atoms with Crippen molar-refractivity contribution in [1.29, 1.82) is 0 Å². The summed E-state index contributed by atoms with van der Waals surface area (Å²) >= 11 is 0. The van der Waals surface area contributed by atoms with Gasteiger partial charge in [-0.25, -0.2) is 0 Å². The van der Waals surface area contributed by atoms with E-state index in [2.05, 4.69) is 5.16 Å². The molecule has 1 aromatic carbocycles. The molecule has 2 aromatic rings. The molecule has 2 unspecified atom stereocenters. The highest BCUT2D eigenvalue weighted by Gasteiger charge is 2.35. The number of carbonyl (C=O) groups is 1.